The molecule has 0 unspecified atom stereocenters. The van der Waals surface area contributed by atoms with E-state index in [0.717, 1.165) is 17.0 Å². The molecular weight excluding hydrogens is 206 g/mol. The molecular formula is C12H11NOS. The lowest BCUT2D eigenvalue weighted by molar-refractivity contribution is 0.475. The highest BCUT2D eigenvalue weighted by Crippen LogP contribution is 2.12. The molecule has 3 heteroatoms. The predicted octanol–water partition coefficient (Wildman–Crippen LogP) is 3.10. The summed E-state index contributed by atoms with van der Waals surface area (Å²) in [6.45, 7) is 0. The van der Waals surface area contributed by atoms with Crippen LogP contribution in [-0.2, 0) is 6.42 Å². The summed E-state index contributed by atoms with van der Waals surface area (Å²) in [6, 6.07) is 7.13. The normalized spacial score (nSPS) is 10.9. The van der Waals surface area contributed by atoms with Crippen LogP contribution in [-0.4, -0.2) is 10.1 Å². The molecule has 0 atom stereocenters. The van der Waals surface area contributed by atoms with Crippen molar-refractivity contribution in [2.45, 2.75) is 6.42 Å². The van der Waals surface area contributed by atoms with E-state index in [1.165, 1.54) is 0 Å². The van der Waals surface area contributed by atoms with Gasteiger partial charge in [-0.25, -0.2) is 4.98 Å². The van der Waals surface area contributed by atoms with Crippen molar-refractivity contribution >= 4 is 17.4 Å². The van der Waals surface area contributed by atoms with E-state index in [1.54, 1.807) is 23.5 Å². The van der Waals surface area contributed by atoms with E-state index in [-0.39, 0.29) is 0 Å². The Morgan fingerprint density at radius 1 is 1.27 bits per heavy atom. The number of aromatic hydroxyl groups is 1. The summed E-state index contributed by atoms with van der Waals surface area (Å²) in [4.78, 5) is 4.19. The quantitative estimate of drug-likeness (QED) is 0.857. The third-order valence-electron chi connectivity index (χ3n) is 1.98. The first kappa shape index (κ1) is 9.93. The van der Waals surface area contributed by atoms with Crippen molar-refractivity contribution in [1.82, 2.24) is 4.98 Å². The van der Waals surface area contributed by atoms with Crippen molar-refractivity contribution < 1.29 is 5.11 Å². The monoisotopic (exact) mass is 217 g/mol. The minimum absolute atomic E-state index is 0.298. The summed E-state index contributed by atoms with van der Waals surface area (Å²) in [7, 11) is 0. The lowest BCUT2D eigenvalue weighted by Gasteiger charge is -1.93. The van der Waals surface area contributed by atoms with Crippen LogP contribution in [0.15, 0.2) is 41.9 Å². The predicted molar refractivity (Wildman–Crippen MR) is 63.0 cm³/mol. The summed E-state index contributed by atoms with van der Waals surface area (Å²) >= 11 is 1.66. The molecule has 1 heterocycles. The molecule has 1 aromatic heterocycles. The first-order chi connectivity index (χ1) is 7.34. The summed E-state index contributed by atoms with van der Waals surface area (Å²) in [6.07, 6.45) is 6.78. The molecule has 0 saturated carbocycles. The van der Waals surface area contributed by atoms with Crippen LogP contribution in [0.4, 0.5) is 0 Å². The topological polar surface area (TPSA) is 33.1 Å². The molecule has 0 amide bonds. The number of benzene rings is 1. The number of hydrogen-bond donors (Lipinski definition) is 1. The molecule has 0 aliphatic rings. The highest BCUT2D eigenvalue weighted by atomic mass is 32.1. The van der Waals surface area contributed by atoms with E-state index in [0.29, 0.717) is 5.75 Å². The number of thiazole rings is 1. The fraction of sp³-hybridized carbons (Fsp3) is 0.0833. The van der Waals surface area contributed by atoms with Gasteiger partial charge in [-0.1, -0.05) is 24.3 Å². The Kier molecular flexibility index (Phi) is 3.15. The van der Waals surface area contributed by atoms with Gasteiger partial charge < -0.3 is 5.11 Å². The SMILES string of the molecule is Oc1ccc(C=CCc2nccs2)cc1. The molecule has 0 aliphatic carbocycles. The molecule has 2 aromatic rings. The minimum Gasteiger partial charge on any atom is -0.508 e. The number of rotatable bonds is 3. The maximum atomic E-state index is 9.10. The molecule has 0 spiro atoms. The highest BCUT2D eigenvalue weighted by Gasteiger charge is 1.91. The molecule has 2 nitrogen and oxygen atoms in total. The molecule has 1 aromatic carbocycles. The lowest BCUT2D eigenvalue weighted by atomic mass is 10.2. The van der Waals surface area contributed by atoms with Crippen molar-refractivity contribution in [2.75, 3.05) is 0 Å². The Morgan fingerprint density at radius 3 is 2.73 bits per heavy atom. The van der Waals surface area contributed by atoms with Crippen LogP contribution >= 0.6 is 11.3 Å². The number of allylic oxidation sites excluding steroid dienone is 1. The average Bonchev–Trinajstić information content (AvgIpc) is 2.74. The van der Waals surface area contributed by atoms with Gasteiger partial charge in [0.05, 0.1) is 5.01 Å². The Hall–Kier alpha value is -1.61. The number of aromatic nitrogens is 1. The van der Waals surface area contributed by atoms with Gasteiger partial charge in [0, 0.05) is 18.0 Å². The largest absolute Gasteiger partial charge is 0.508 e. The smallest absolute Gasteiger partial charge is 0.115 e. The van der Waals surface area contributed by atoms with Gasteiger partial charge in [0.25, 0.3) is 0 Å². The van der Waals surface area contributed by atoms with Crippen LogP contribution in [0, 0.1) is 0 Å². The summed E-state index contributed by atoms with van der Waals surface area (Å²) < 4.78 is 0. The number of phenols is 1. The van der Waals surface area contributed by atoms with Gasteiger partial charge in [-0.05, 0) is 17.7 Å². The third-order valence-corrected chi connectivity index (χ3v) is 2.78. The van der Waals surface area contributed by atoms with E-state index < -0.39 is 0 Å². The second-order valence-corrected chi connectivity index (χ2v) is 4.10. The Labute approximate surface area is 92.5 Å². The standard InChI is InChI=1S/C12H11NOS/c14-11-6-4-10(5-7-11)2-1-3-12-13-8-9-15-12/h1-2,4-9,14H,3H2. The third kappa shape index (κ3) is 2.92. The highest BCUT2D eigenvalue weighted by molar-refractivity contribution is 7.09. The van der Waals surface area contributed by atoms with Gasteiger partial charge >= 0.3 is 0 Å². The zero-order chi connectivity index (χ0) is 10.5. The average molecular weight is 217 g/mol. The molecule has 1 N–H and O–H groups in total. The summed E-state index contributed by atoms with van der Waals surface area (Å²) in [5, 5.41) is 12.2. The summed E-state index contributed by atoms with van der Waals surface area (Å²) in [5.41, 5.74) is 1.09. The van der Waals surface area contributed by atoms with Gasteiger partial charge in [-0.3, -0.25) is 0 Å². The zero-order valence-electron chi connectivity index (χ0n) is 8.13. The molecule has 76 valence electrons. The van der Waals surface area contributed by atoms with Crippen molar-refractivity contribution in [3.8, 4) is 5.75 Å². The second kappa shape index (κ2) is 4.75. The van der Waals surface area contributed by atoms with Crippen molar-refractivity contribution in [1.29, 1.82) is 0 Å². The fourth-order valence-electron chi connectivity index (χ4n) is 1.24. The molecule has 0 fully saturated rings. The number of hydrogen-bond acceptors (Lipinski definition) is 3. The van der Waals surface area contributed by atoms with Crippen LogP contribution < -0.4 is 0 Å². The van der Waals surface area contributed by atoms with Crippen molar-refractivity contribution in [3.63, 3.8) is 0 Å². The Bertz CT molecular complexity index is 431. The van der Waals surface area contributed by atoms with E-state index in [4.69, 9.17) is 5.11 Å². The minimum atomic E-state index is 0.298. The van der Waals surface area contributed by atoms with Crippen LogP contribution in [0.3, 0.4) is 0 Å². The molecule has 2 rings (SSSR count). The number of phenolic OH excluding ortho intramolecular Hbond substituents is 1. The maximum Gasteiger partial charge on any atom is 0.115 e. The lowest BCUT2D eigenvalue weighted by Crippen LogP contribution is -1.77. The summed E-state index contributed by atoms with van der Waals surface area (Å²) in [5.74, 6) is 0.298. The molecule has 0 radical (unpaired) electrons. The molecule has 0 bridgehead atoms. The van der Waals surface area contributed by atoms with E-state index in [9.17, 15) is 0 Å². The zero-order valence-corrected chi connectivity index (χ0v) is 8.95. The Morgan fingerprint density at radius 2 is 2.07 bits per heavy atom. The van der Waals surface area contributed by atoms with E-state index in [2.05, 4.69) is 11.1 Å². The van der Waals surface area contributed by atoms with Crippen molar-refractivity contribution in [2.24, 2.45) is 0 Å². The second-order valence-electron chi connectivity index (χ2n) is 3.12. The first-order valence-electron chi connectivity index (χ1n) is 4.68. The van der Waals surface area contributed by atoms with Crippen LogP contribution in [0.5, 0.6) is 5.75 Å². The maximum absolute atomic E-state index is 9.10. The molecule has 15 heavy (non-hydrogen) atoms. The van der Waals surface area contributed by atoms with E-state index >= 15 is 0 Å². The number of nitrogens with zero attached hydrogens (tertiary/aromatic N) is 1. The van der Waals surface area contributed by atoms with Gasteiger partial charge in [0.15, 0.2) is 0 Å². The van der Waals surface area contributed by atoms with E-state index in [1.807, 2.05) is 29.8 Å². The van der Waals surface area contributed by atoms with Crippen LogP contribution in [0.25, 0.3) is 6.08 Å². The van der Waals surface area contributed by atoms with Gasteiger partial charge in [-0.15, -0.1) is 11.3 Å². The van der Waals surface area contributed by atoms with Crippen LogP contribution in [0.2, 0.25) is 0 Å². The van der Waals surface area contributed by atoms with Gasteiger partial charge in [-0.2, -0.15) is 0 Å². The Balaban J connectivity index is 1.97. The van der Waals surface area contributed by atoms with Crippen LogP contribution in [0.1, 0.15) is 10.6 Å². The van der Waals surface area contributed by atoms with Crippen molar-refractivity contribution in [3.05, 3.63) is 52.5 Å². The van der Waals surface area contributed by atoms with Gasteiger partial charge in [0.2, 0.25) is 0 Å². The van der Waals surface area contributed by atoms with Gasteiger partial charge in [0.1, 0.15) is 5.75 Å². The fourth-order valence-corrected chi connectivity index (χ4v) is 1.83. The molecule has 0 aliphatic heterocycles. The first-order valence-corrected chi connectivity index (χ1v) is 5.56. The molecule has 0 saturated heterocycles.